The number of halogens is 3. The van der Waals surface area contributed by atoms with Crippen LogP contribution >= 0.6 is 47.4 Å². The van der Waals surface area contributed by atoms with Crippen LogP contribution < -0.4 is 5.73 Å². The quantitative estimate of drug-likeness (QED) is 0.843. The summed E-state index contributed by atoms with van der Waals surface area (Å²) < 4.78 is 0. The summed E-state index contributed by atoms with van der Waals surface area (Å²) in [5.41, 5.74) is 5.62. The molecule has 1 atom stereocenters. The summed E-state index contributed by atoms with van der Waals surface area (Å²) in [6.45, 7) is 2.24. The van der Waals surface area contributed by atoms with Crippen LogP contribution in [-0.4, -0.2) is 36.2 Å². The molecule has 1 heterocycles. The van der Waals surface area contributed by atoms with Crippen LogP contribution in [0.2, 0.25) is 10.0 Å². The van der Waals surface area contributed by atoms with Crippen molar-refractivity contribution in [1.82, 2.24) is 4.90 Å². The van der Waals surface area contributed by atoms with Gasteiger partial charge in [0.25, 0.3) is 0 Å². The molecule has 2 rings (SSSR count). The van der Waals surface area contributed by atoms with Crippen LogP contribution in [0.5, 0.6) is 0 Å². The zero-order chi connectivity index (χ0) is 13.8. The number of thioether (sulfide) groups is 1. The van der Waals surface area contributed by atoms with Gasteiger partial charge in [-0.2, -0.15) is 0 Å². The summed E-state index contributed by atoms with van der Waals surface area (Å²) in [7, 11) is 0. The maximum Gasteiger partial charge on any atom is 0.232 e. The van der Waals surface area contributed by atoms with Gasteiger partial charge >= 0.3 is 0 Å². The number of carbonyl (C=O) groups excluding carboxylic acids is 1. The van der Waals surface area contributed by atoms with Crippen LogP contribution in [0, 0.1) is 5.92 Å². The highest BCUT2D eigenvalue weighted by Gasteiger charge is 2.25. The van der Waals surface area contributed by atoms with Gasteiger partial charge in [-0.15, -0.1) is 24.2 Å². The van der Waals surface area contributed by atoms with Crippen molar-refractivity contribution in [2.75, 3.05) is 25.4 Å². The molecule has 1 amide bonds. The first kappa shape index (κ1) is 17.9. The largest absolute Gasteiger partial charge is 0.342 e. The Balaban J connectivity index is 0.00000200. The molecule has 1 saturated heterocycles. The third-order valence-corrected chi connectivity index (χ3v) is 4.93. The molecule has 1 unspecified atom stereocenters. The smallest absolute Gasteiger partial charge is 0.232 e. The molecule has 0 spiro atoms. The van der Waals surface area contributed by atoms with Crippen molar-refractivity contribution < 1.29 is 4.79 Å². The summed E-state index contributed by atoms with van der Waals surface area (Å²) >= 11 is 13.4. The van der Waals surface area contributed by atoms with Crippen LogP contribution in [-0.2, 0) is 4.79 Å². The first-order valence-electron chi connectivity index (χ1n) is 6.16. The SMILES string of the molecule is Cl.NCC1CCN(C(=O)CSc2cc(Cl)ccc2Cl)C1. The number of carbonyl (C=O) groups is 1. The maximum absolute atomic E-state index is 12.1. The summed E-state index contributed by atoms with van der Waals surface area (Å²) in [5, 5.41) is 1.26. The van der Waals surface area contributed by atoms with E-state index >= 15 is 0 Å². The highest BCUT2D eigenvalue weighted by atomic mass is 35.5. The van der Waals surface area contributed by atoms with Gasteiger partial charge in [0.05, 0.1) is 10.8 Å². The highest BCUT2D eigenvalue weighted by molar-refractivity contribution is 8.00. The zero-order valence-corrected chi connectivity index (χ0v) is 14.0. The Bertz CT molecular complexity index is 473. The normalized spacial score (nSPS) is 17.9. The first-order chi connectivity index (χ1) is 9.10. The van der Waals surface area contributed by atoms with Crippen molar-refractivity contribution in [3.8, 4) is 0 Å². The molecule has 1 fully saturated rings. The van der Waals surface area contributed by atoms with E-state index < -0.39 is 0 Å². The fraction of sp³-hybridized carbons (Fsp3) is 0.462. The Morgan fingerprint density at radius 2 is 2.20 bits per heavy atom. The highest BCUT2D eigenvalue weighted by Crippen LogP contribution is 2.30. The van der Waals surface area contributed by atoms with Gasteiger partial charge in [-0.05, 0) is 37.1 Å². The lowest BCUT2D eigenvalue weighted by Gasteiger charge is -2.16. The van der Waals surface area contributed by atoms with E-state index in [4.69, 9.17) is 28.9 Å². The van der Waals surface area contributed by atoms with Gasteiger partial charge in [-0.1, -0.05) is 23.2 Å². The van der Waals surface area contributed by atoms with E-state index in [1.54, 1.807) is 18.2 Å². The topological polar surface area (TPSA) is 46.3 Å². The van der Waals surface area contributed by atoms with Gasteiger partial charge in [0.2, 0.25) is 5.91 Å². The molecular weight excluding hydrogens is 339 g/mol. The molecule has 0 bridgehead atoms. The minimum absolute atomic E-state index is 0. The van der Waals surface area contributed by atoms with E-state index in [2.05, 4.69) is 0 Å². The Hall–Kier alpha value is -0.130. The molecule has 112 valence electrons. The lowest BCUT2D eigenvalue weighted by Crippen LogP contribution is -2.31. The summed E-state index contributed by atoms with van der Waals surface area (Å²) in [5.74, 6) is 0.970. The van der Waals surface area contributed by atoms with Gasteiger partial charge in [-0.25, -0.2) is 0 Å². The van der Waals surface area contributed by atoms with Gasteiger partial charge in [0.1, 0.15) is 0 Å². The van der Waals surface area contributed by atoms with E-state index in [-0.39, 0.29) is 18.3 Å². The van der Waals surface area contributed by atoms with Crippen molar-refractivity contribution >= 4 is 53.3 Å². The second-order valence-corrected chi connectivity index (χ2v) is 6.45. The lowest BCUT2D eigenvalue weighted by molar-refractivity contribution is -0.127. The van der Waals surface area contributed by atoms with E-state index in [9.17, 15) is 4.79 Å². The van der Waals surface area contributed by atoms with E-state index in [1.807, 2.05) is 4.90 Å². The molecule has 1 aliphatic rings. The molecule has 0 radical (unpaired) electrons. The number of benzene rings is 1. The molecule has 1 aromatic carbocycles. The van der Waals surface area contributed by atoms with Crippen molar-refractivity contribution in [3.63, 3.8) is 0 Å². The average Bonchev–Trinajstić information content (AvgIpc) is 2.88. The van der Waals surface area contributed by atoms with Crippen molar-refractivity contribution in [3.05, 3.63) is 28.2 Å². The summed E-state index contributed by atoms with van der Waals surface area (Å²) in [4.78, 5) is 14.8. The third-order valence-electron chi connectivity index (χ3n) is 3.22. The van der Waals surface area contributed by atoms with Crippen molar-refractivity contribution in [2.45, 2.75) is 11.3 Å². The van der Waals surface area contributed by atoms with Gasteiger partial charge in [0, 0.05) is 23.0 Å². The second kappa shape index (κ2) is 8.35. The molecule has 3 nitrogen and oxygen atoms in total. The van der Waals surface area contributed by atoms with Gasteiger partial charge in [-0.3, -0.25) is 4.79 Å². The van der Waals surface area contributed by atoms with Crippen LogP contribution in [0.3, 0.4) is 0 Å². The zero-order valence-electron chi connectivity index (χ0n) is 10.9. The predicted octanol–water partition coefficient (Wildman–Crippen LogP) is 3.31. The molecule has 1 aliphatic heterocycles. The molecule has 0 saturated carbocycles. The number of rotatable bonds is 4. The van der Waals surface area contributed by atoms with E-state index in [1.165, 1.54) is 11.8 Å². The summed E-state index contributed by atoms with van der Waals surface area (Å²) in [6.07, 6.45) is 1.00. The number of hydrogen-bond donors (Lipinski definition) is 1. The average molecular weight is 356 g/mol. The number of likely N-dealkylation sites (tertiary alicyclic amines) is 1. The number of nitrogens with zero attached hydrogens (tertiary/aromatic N) is 1. The standard InChI is InChI=1S/C13H16Cl2N2OS.ClH/c14-10-1-2-11(15)12(5-10)19-8-13(18)17-4-3-9(6-16)7-17;/h1-2,5,9H,3-4,6-8,16H2;1H. The minimum atomic E-state index is 0. The van der Waals surface area contributed by atoms with Gasteiger partial charge in [0.15, 0.2) is 0 Å². The third kappa shape index (κ3) is 4.71. The Labute approximate surface area is 139 Å². The fourth-order valence-corrected chi connectivity index (χ4v) is 3.47. The minimum Gasteiger partial charge on any atom is -0.342 e. The monoisotopic (exact) mass is 354 g/mol. The molecule has 0 aromatic heterocycles. The molecule has 20 heavy (non-hydrogen) atoms. The Morgan fingerprint density at radius 1 is 1.45 bits per heavy atom. The fourth-order valence-electron chi connectivity index (χ4n) is 2.07. The summed E-state index contributed by atoms with van der Waals surface area (Å²) in [6, 6.07) is 5.27. The van der Waals surface area contributed by atoms with Gasteiger partial charge < -0.3 is 10.6 Å². The predicted molar refractivity (Wildman–Crippen MR) is 88.2 cm³/mol. The second-order valence-electron chi connectivity index (χ2n) is 4.59. The molecule has 7 heteroatoms. The molecular formula is C13H17Cl3N2OS. The van der Waals surface area contributed by atoms with E-state index in [0.717, 1.165) is 24.4 Å². The molecule has 0 aliphatic carbocycles. The van der Waals surface area contributed by atoms with Crippen molar-refractivity contribution in [1.29, 1.82) is 0 Å². The maximum atomic E-state index is 12.1. The van der Waals surface area contributed by atoms with Crippen LogP contribution in [0.15, 0.2) is 23.1 Å². The molecule has 1 aromatic rings. The lowest BCUT2D eigenvalue weighted by atomic mass is 10.1. The van der Waals surface area contributed by atoms with Crippen molar-refractivity contribution in [2.24, 2.45) is 11.7 Å². The van der Waals surface area contributed by atoms with Crippen LogP contribution in [0.4, 0.5) is 0 Å². The Morgan fingerprint density at radius 3 is 2.85 bits per heavy atom. The van der Waals surface area contributed by atoms with Crippen LogP contribution in [0.1, 0.15) is 6.42 Å². The number of hydrogen-bond acceptors (Lipinski definition) is 3. The first-order valence-corrected chi connectivity index (χ1v) is 7.90. The molecule has 2 N–H and O–H groups in total. The number of nitrogens with two attached hydrogens (primary N) is 1. The van der Waals surface area contributed by atoms with Crippen LogP contribution in [0.25, 0.3) is 0 Å². The number of amides is 1. The van der Waals surface area contributed by atoms with E-state index in [0.29, 0.717) is 28.3 Å². The Kier molecular flexibility index (Phi) is 7.48.